The lowest BCUT2D eigenvalue weighted by molar-refractivity contribution is 0.101. The summed E-state index contributed by atoms with van der Waals surface area (Å²) in [6.45, 7) is 1.92. The van der Waals surface area contributed by atoms with Gasteiger partial charge in [-0.05, 0) is 37.8 Å². The Labute approximate surface area is 113 Å². The van der Waals surface area contributed by atoms with E-state index in [4.69, 9.17) is 4.74 Å². The third-order valence-electron chi connectivity index (χ3n) is 3.92. The first kappa shape index (κ1) is 12.4. The first-order chi connectivity index (χ1) is 9.38. The van der Waals surface area contributed by atoms with E-state index in [0.717, 1.165) is 48.7 Å². The second kappa shape index (κ2) is 5.57. The maximum Gasteiger partial charge on any atom is 0.150 e. The summed E-state index contributed by atoms with van der Waals surface area (Å²) in [5.74, 6) is 0. The fourth-order valence-corrected chi connectivity index (χ4v) is 2.91. The minimum atomic E-state index is 0.465. The van der Waals surface area contributed by atoms with Crippen LogP contribution in [0.25, 0.3) is 10.9 Å². The van der Waals surface area contributed by atoms with E-state index in [1.54, 1.807) is 0 Å². The molecule has 0 amide bonds. The predicted molar refractivity (Wildman–Crippen MR) is 75.5 cm³/mol. The van der Waals surface area contributed by atoms with Crippen molar-refractivity contribution in [3.63, 3.8) is 0 Å². The predicted octanol–water partition coefficient (Wildman–Crippen LogP) is 3.41. The SMILES string of the molecule is O=Cc1cccc2c1ccn2CCCC1CCCO1. The van der Waals surface area contributed by atoms with Crippen molar-refractivity contribution >= 4 is 17.2 Å². The van der Waals surface area contributed by atoms with Crippen LogP contribution in [0.5, 0.6) is 0 Å². The number of rotatable bonds is 5. The van der Waals surface area contributed by atoms with Crippen molar-refractivity contribution in [2.24, 2.45) is 0 Å². The second-order valence-electron chi connectivity index (χ2n) is 5.18. The minimum absolute atomic E-state index is 0.465. The summed E-state index contributed by atoms with van der Waals surface area (Å²) in [6.07, 6.45) is 8.15. The summed E-state index contributed by atoms with van der Waals surface area (Å²) in [6, 6.07) is 7.92. The molecule has 1 unspecified atom stereocenters. The zero-order chi connectivity index (χ0) is 13.1. The highest BCUT2D eigenvalue weighted by Gasteiger charge is 2.14. The van der Waals surface area contributed by atoms with Crippen LogP contribution in [0.1, 0.15) is 36.0 Å². The normalized spacial score (nSPS) is 19.1. The van der Waals surface area contributed by atoms with Crippen LogP contribution in [-0.4, -0.2) is 23.6 Å². The molecule has 1 saturated heterocycles. The van der Waals surface area contributed by atoms with Crippen LogP contribution in [0.15, 0.2) is 30.5 Å². The van der Waals surface area contributed by atoms with Crippen LogP contribution in [0.4, 0.5) is 0 Å². The highest BCUT2D eigenvalue weighted by Crippen LogP contribution is 2.21. The summed E-state index contributed by atoms with van der Waals surface area (Å²) in [7, 11) is 0. The Morgan fingerprint density at radius 2 is 2.32 bits per heavy atom. The number of hydrogen-bond acceptors (Lipinski definition) is 2. The monoisotopic (exact) mass is 257 g/mol. The molecular formula is C16H19NO2. The molecule has 0 bridgehead atoms. The van der Waals surface area contributed by atoms with Gasteiger partial charge in [0.05, 0.1) is 6.10 Å². The van der Waals surface area contributed by atoms with E-state index in [-0.39, 0.29) is 0 Å². The number of hydrogen-bond donors (Lipinski definition) is 0. The molecule has 100 valence electrons. The van der Waals surface area contributed by atoms with Gasteiger partial charge in [0, 0.05) is 35.8 Å². The summed E-state index contributed by atoms with van der Waals surface area (Å²) in [4.78, 5) is 11.0. The zero-order valence-electron chi connectivity index (χ0n) is 11.0. The Bertz CT molecular complexity index is 567. The van der Waals surface area contributed by atoms with Gasteiger partial charge in [-0.2, -0.15) is 0 Å². The number of aryl methyl sites for hydroxylation is 1. The van der Waals surface area contributed by atoms with Gasteiger partial charge in [0.25, 0.3) is 0 Å². The summed E-state index contributed by atoms with van der Waals surface area (Å²) < 4.78 is 7.87. The first-order valence-electron chi connectivity index (χ1n) is 7.03. The summed E-state index contributed by atoms with van der Waals surface area (Å²) >= 11 is 0. The number of carbonyl (C=O) groups is 1. The van der Waals surface area contributed by atoms with Crippen molar-refractivity contribution in [2.45, 2.75) is 38.3 Å². The first-order valence-corrected chi connectivity index (χ1v) is 7.03. The van der Waals surface area contributed by atoms with E-state index in [1.165, 1.54) is 12.8 Å². The van der Waals surface area contributed by atoms with E-state index in [1.807, 2.05) is 18.2 Å². The van der Waals surface area contributed by atoms with Crippen LogP contribution in [-0.2, 0) is 11.3 Å². The Morgan fingerprint density at radius 3 is 3.11 bits per heavy atom. The topological polar surface area (TPSA) is 31.2 Å². The van der Waals surface area contributed by atoms with Gasteiger partial charge in [-0.15, -0.1) is 0 Å². The molecule has 1 atom stereocenters. The van der Waals surface area contributed by atoms with Gasteiger partial charge in [0.2, 0.25) is 0 Å². The van der Waals surface area contributed by atoms with E-state index < -0.39 is 0 Å². The largest absolute Gasteiger partial charge is 0.378 e. The second-order valence-corrected chi connectivity index (χ2v) is 5.18. The Morgan fingerprint density at radius 1 is 1.37 bits per heavy atom. The van der Waals surface area contributed by atoms with Crippen molar-refractivity contribution in [2.75, 3.05) is 6.61 Å². The number of ether oxygens (including phenoxy) is 1. The molecule has 1 aromatic carbocycles. The molecule has 2 aromatic rings. The molecule has 0 spiro atoms. The average molecular weight is 257 g/mol. The molecular weight excluding hydrogens is 238 g/mol. The van der Waals surface area contributed by atoms with Gasteiger partial charge >= 0.3 is 0 Å². The van der Waals surface area contributed by atoms with Crippen molar-refractivity contribution < 1.29 is 9.53 Å². The van der Waals surface area contributed by atoms with Gasteiger partial charge in [-0.3, -0.25) is 4.79 Å². The lowest BCUT2D eigenvalue weighted by Gasteiger charge is -2.10. The Hall–Kier alpha value is -1.61. The molecule has 1 aliphatic heterocycles. The molecule has 2 heterocycles. The van der Waals surface area contributed by atoms with Gasteiger partial charge in [0.1, 0.15) is 0 Å². The molecule has 3 rings (SSSR count). The van der Waals surface area contributed by atoms with E-state index >= 15 is 0 Å². The van der Waals surface area contributed by atoms with Crippen molar-refractivity contribution in [1.29, 1.82) is 0 Å². The van der Waals surface area contributed by atoms with Gasteiger partial charge < -0.3 is 9.30 Å². The molecule has 3 nitrogen and oxygen atoms in total. The molecule has 1 aliphatic rings. The van der Waals surface area contributed by atoms with Gasteiger partial charge in [-0.25, -0.2) is 0 Å². The van der Waals surface area contributed by atoms with Crippen LogP contribution < -0.4 is 0 Å². The Balaban J connectivity index is 1.69. The smallest absolute Gasteiger partial charge is 0.150 e. The highest BCUT2D eigenvalue weighted by atomic mass is 16.5. The quantitative estimate of drug-likeness (QED) is 0.769. The number of fused-ring (bicyclic) bond motifs is 1. The molecule has 0 N–H and O–H groups in total. The molecule has 0 saturated carbocycles. The van der Waals surface area contributed by atoms with Crippen molar-refractivity contribution in [3.05, 3.63) is 36.0 Å². The third kappa shape index (κ3) is 2.56. The van der Waals surface area contributed by atoms with Gasteiger partial charge in [0.15, 0.2) is 6.29 Å². The number of aromatic nitrogens is 1. The van der Waals surface area contributed by atoms with E-state index in [0.29, 0.717) is 6.10 Å². The summed E-state index contributed by atoms with van der Waals surface area (Å²) in [5.41, 5.74) is 1.92. The lowest BCUT2D eigenvalue weighted by atomic mass is 10.1. The van der Waals surface area contributed by atoms with Crippen molar-refractivity contribution in [1.82, 2.24) is 4.57 Å². The van der Waals surface area contributed by atoms with Gasteiger partial charge in [-0.1, -0.05) is 12.1 Å². The zero-order valence-corrected chi connectivity index (χ0v) is 11.0. The molecule has 1 aromatic heterocycles. The molecule has 3 heteroatoms. The fourth-order valence-electron chi connectivity index (χ4n) is 2.91. The molecule has 1 fully saturated rings. The van der Waals surface area contributed by atoms with Crippen LogP contribution >= 0.6 is 0 Å². The highest BCUT2D eigenvalue weighted by molar-refractivity contribution is 5.97. The maximum atomic E-state index is 11.0. The van der Waals surface area contributed by atoms with Crippen LogP contribution in [0.3, 0.4) is 0 Å². The maximum absolute atomic E-state index is 11.0. The van der Waals surface area contributed by atoms with Crippen molar-refractivity contribution in [3.8, 4) is 0 Å². The molecule has 0 radical (unpaired) electrons. The molecule has 0 aliphatic carbocycles. The number of nitrogens with zero attached hydrogens (tertiary/aromatic N) is 1. The Kier molecular flexibility index (Phi) is 3.65. The standard InChI is InChI=1S/C16H19NO2/c18-12-13-4-1-7-16-15(13)8-10-17(16)9-2-5-14-6-3-11-19-14/h1,4,7-8,10,12,14H,2-3,5-6,9,11H2. The van der Waals surface area contributed by atoms with Crippen LogP contribution in [0, 0.1) is 0 Å². The van der Waals surface area contributed by atoms with E-state index in [9.17, 15) is 4.79 Å². The van der Waals surface area contributed by atoms with Crippen LogP contribution in [0.2, 0.25) is 0 Å². The third-order valence-corrected chi connectivity index (χ3v) is 3.92. The van der Waals surface area contributed by atoms with E-state index in [2.05, 4.69) is 16.8 Å². The average Bonchev–Trinajstić information content (AvgIpc) is 3.08. The number of benzene rings is 1. The number of aldehydes is 1. The minimum Gasteiger partial charge on any atom is -0.378 e. The summed E-state index contributed by atoms with van der Waals surface area (Å²) in [5, 5.41) is 1.05. The number of carbonyl (C=O) groups excluding carboxylic acids is 1. The fraction of sp³-hybridized carbons (Fsp3) is 0.438. The lowest BCUT2D eigenvalue weighted by Crippen LogP contribution is -2.06. The molecule has 19 heavy (non-hydrogen) atoms.